The van der Waals surface area contributed by atoms with Crippen molar-refractivity contribution in [2.24, 2.45) is 0 Å². The summed E-state index contributed by atoms with van der Waals surface area (Å²) in [5, 5.41) is 13.1. The third kappa shape index (κ3) is 5.03. The molecule has 1 N–H and O–H groups in total. The van der Waals surface area contributed by atoms with E-state index in [4.69, 9.17) is 4.74 Å². The molecule has 0 heterocycles. The van der Waals surface area contributed by atoms with E-state index in [2.05, 4.69) is 10.1 Å². The summed E-state index contributed by atoms with van der Waals surface area (Å²) in [6.07, 6.45) is -0.232. The van der Waals surface area contributed by atoms with Gasteiger partial charge in [0.05, 0.1) is 12.0 Å². The standard InChI is InChI=1S/C17H16N2O6/c1-24-16(20)14-4-2-3-5-15(14)25-17(21)18-11-10-12-6-8-13(9-7-12)19(22)23/h2-9H,10-11H2,1H3,(H,18,21). The number of nitrogens with zero attached hydrogens (tertiary/aromatic N) is 1. The quantitative estimate of drug-likeness (QED) is 0.490. The number of ether oxygens (including phenoxy) is 2. The zero-order chi connectivity index (χ0) is 18.2. The first-order chi connectivity index (χ1) is 12.0. The van der Waals surface area contributed by atoms with E-state index < -0.39 is 17.0 Å². The fourth-order valence-electron chi connectivity index (χ4n) is 2.06. The lowest BCUT2D eigenvalue weighted by molar-refractivity contribution is -0.384. The predicted molar refractivity (Wildman–Crippen MR) is 88.6 cm³/mol. The van der Waals surface area contributed by atoms with Crippen molar-refractivity contribution in [2.75, 3.05) is 13.7 Å². The van der Waals surface area contributed by atoms with E-state index in [0.717, 1.165) is 5.56 Å². The van der Waals surface area contributed by atoms with Crippen LogP contribution in [0.4, 0.5) is 10.5 Å². The molecule has 8 heteroatoms. The first-order valence-corrected chi connectivity index (χ1v) is 7.37. The van der Waals surface area contributed by atoms with Gasteiger partial charge in [-0.15, -0.1) is 0 Å². The Morgan fingerprint density at radius 2 is 1.80 bits per heavy atom. The molecule has 0 aliphatic carbocycles. The van der Waals surface area contributed by atoms with Crippen LogP contribution in [0.3, 0.4) is 0 Å². The fraction of sp³-hybridized carbons (Fsp3) is 0.176. The monoisotopic (exact) mass is 344 g/mol. The lowest BCUT2D eigenvalue weighted by Crippen LogP contribution is -2.29. The average Bonchev–Trinajstić information content (AvgIpc) is 2.62. The first kappa shape index (κ1) is 17.9. The minimum Gasteiger partial charge on any atom is -0.465 e. The maximum atomic E-state index is 11.8. The molecule has 0 radical (unpaired) electrons. The van der Waals surface area contributed by atoms with Gasteiger partial charge in [0.2, 0.25) is 0 Å². The maximum Gasteiger partial charge on any atom is 0.412 e. The van der Waals surface area contributed by atoms with Crippen LogP contribution in [0.15, 0.2) is 48.5 Å². The Morgan fingerprint density at radius 3 is 2.44 bits per heavy atom. The Hall–Kier alpha value is -3.42. The normalized spacial score (nSPS) is 9.96. The van der Waals surface area contributed by atoms with Crippen molar-refractivity contribution in [2.45, 2.75) is 6.42 Å². The van der Waals surface area contributed by atoms with E-state index in [1.807, 2.05) is 0 Å². The number of esters is 1. The number of hydrogen-bond acceptors (Lipinski definition) is 6. The largest absolute Gasteiger partial charge is 0.465 e. The van der Waals surface area contributed by atoms with Crippen molar-refractivity contribution >= 4 is 17.7 Å². The summed E-state index contributed by atoms with van der Waals surface area (Å²) in [5.74, 6) is -0.503. The summed E-state index contributed by atoms with van der Waals surface area (Å²) in [6, 6.07) is 12.3. The highest BCUT2D eigenvalue weighted by molar-refractivity contribution is 5.93. The van der Waals surface area contributed by atoms with Crippen molar-refractivity contribution in [3.63, 3.8) is 0 Å². The smallest absolute Gasteiger partial charge is 0.412 e. The Bertz CT molecular complexity index is 773. The molecule has 2 aromatic carbocycles. The molecule has 0 spiro atoms. The Labute approximate surface area is 143 Å². The van der Waals surface area contributed by atoms with Crippen molar-refractivity contribution < 1.29 is 24.0 Å². The number of nitrogens with one attached hydrogen (secondary N) is 1. The number of carbonyl (C=O) groups is 2. The molecule has 0 saturated carbocycles. The van der Waals surface area contributed by atoms with Gasteiger partial charge in [-0.25, -0.2) is 9.59 Å². The van der Waals surface area contributed by atoms with Crippen LogP contribution in [0, 0.1) is 10.1 Å². The van der Waals surface area contributed by atoms with E-state index in [1.165, 1.54) is 31.4 Å². The topological polar surface area (TPSA) is 108 Å². The number of para-hydroxylation sites is 1. The van der Waals surface area contributed by atoms with Crippen LogP contribution in [0.5, 0.6) is 5.75 Å². The molecule has 0 unspecified atom stereocenters. The van der Waals surface area contributed by atoms with E-state index >= 15 is 0 Å². The van der Waals surface area contributed by atoms with Gasteiger partial charge in [0.1, 0.15) is 11.3 Å². The number of rotatable bonds is 6. The number of carbonyl (C=O) groups excluding carboxylic acids is 2. The van der Waals surface area contributed by atoms with E-state index in [1.54, 1.807) is 24.3 Å². The second-order valence-corrected chi connectivity index (χ2v) is 4.98. The molecule has 130 valence electrons. The van der Waals surface area contributed by atoms with Gasteiger partial charge in [0.25, 0.3) is 5.69 Å². The average molecular weight is 344 g/mol. The van der Waals surface area contributed by atoms with Crippen molar-refractivity contribution in [1.82, 2.24) is 5.32 Å². The zero-order valence-corrected chi connectivity index (χ0v) is 13.4. The van der Waals surface area contributed by atoms with Gasteiger partial charge in [-0.1, -0.05) is 24.3 Å². The Balaban J connectivity index is 1.87. The molecular formula is C17H16N2O6. The number of benzene rings is 2. The summed E-state index contributed by atoms with van der Waals surface area (Å²) in [7, 11) is 1.24. The van der Waals surface area contributed by atoms with Crippen LogP contribution >= 0.6 is 0 Å². The lowest BCUT2D eigenvalue weighted by Gasteiger charge is -2.09. The number of nitro benzene ring substituents is 1. The lowest BCUT2D eigenvalue weighted by atomic mass is 10.1. The summed E-state index contributed by atoms with van der Waals surface area (Å²) < 4.78 is 9.74. The van der Waals surface area contributed by atoms with Crippen molar-refractivity contribution in [3.05, 3.63) is 69.8 Å². The minimum atomic E-state index is -0.710. The molecule has 0 bridgehead atoms. The Kier molecular flexibility index (Phi) is 6.05. The van der Waals surface area contributed by atoms with Crippen LogP contribution in [0.1, 0.15) is 15.9 Å². The Morgan fingerprint density at radius 1 is 1.12 bits per heavy atom. The third-order valence-electron chi connectivity index (χ3n) is 3.33. The number of non-ortho nitro benzene ring substituents is 1. The highest BCUT2D eigenvalue weighted by Crippen LogP contribution is 2.19. The summed E-state index contributed by atoms with van der Waals surface area (Å²) in [4.78, 5) is 33.6. The van der Waals surface area contributed by atoms with Gasteiger partial charge in [-0.3, -0.25) is 10.1 Å². The SMILES string of the molecule is COC(=O)c1ccccc1OC(=O)NCCc1ccc([N+](=O)[O-])cc1. The first-order valence-electron chi connectivity index (χ1n) is 7.37. The van der Waals surface area contributed by atoms with Gasteiger partial charge in [-0.2, -0.15) is 0 Å². The fourth-order valence-corrected chi connectivity index (χ4v) is 2.06. The van der Waals surface area contributed by atoms with Crippen LogP contribution < -0.4 is 10.1 Å². The maximum absolute atomic E-state index is 11.8. The number of nitro groups is 1. The molecule has 25 heavy (non-hydrogen) atoms. The minimum absolute atomic E-state index is 0.00976. The van der Waals surface area contributed by atoms with Gasteiger partial charge >= 0.3 is 12.1 Å². The molecule has 0 aromatic heterocycles. The molecule has 8 nitrogen and oxygen atoms in total. The number of amides is 1. The highest BCUT2D eigenvalue weighted by atomic mass is 16.6. The van der Waals surface area contributed by atoms with E-state index in [9.17, 15) is 19.7 Å². The third-order valence-corrected chi connectivity index (χ3v) is 3.33. The second kappa shape index (κ2) is 8.44. The second-order valence-electron chi connectivity index (χ2n) is 4.98. The highest BCUT2D eigenvalue weighted by Gasteiger charge is 2.15. The molecule has 2 rings (SSSR count). The number of methoxy groups -OCH3 is 1. The molecule has 0 fully saturated rings. The van der Waals surface area contributed by atoms with E-state index in [0.29, 0.717) is 6.42 Å². The molecule has 1 amide bonds. The van der Waals surface area contributed by atoms with Gasteiger partial charge in [0.15, 0.2) is 0 Å². The zero-order valence-electron chi connectivity index (χ0n) is 13.4. The molecular weight excluding hydrogens is 328 g/mol. The van der Waals surface area contributed by atoms with Gasteiger partial charge < -0.3 is 14.8 Å². The predicted octanol–water partition coefficient (Wildman–Crippen LogP) is 2.71. The van der Waals surface area contributed by atoms with Crippen LogP contribution in [0.25, 0.3) is 0 Å². The molecule has 0 saturated heterocycles. The molecule has 0 atom stereocenters. The molecule has 2 aromatic rings. The van der Waals surface area contributed by atoms with Crippen LogP contribution in [-0.2, 0) is 11.2 Å². The summed E-state index contributed by atoms with van der Waals surface area (Å²) in [6.45, 7) is 0.275. The van der Waals surface area contributed by atoms with Gasteiger partial charge in [-0.05, 0) is 24.1 Å². The van der Waals surface area contributed by atoms with Gasteiger partial charge in [0, 0.05) is 18.7 Å². The van der Waals surface area contributed by atoms with Crippen molar-refractivity contribution in [3.8, 4) is 5.75 Å². The van der Waals surface area contributed by atoms with Crippen molar-refractivity contribution in [1.29, 1.82) is 0 Å². The summed E-state index contributed by atoms with van der Waals surface area (Å²) in [5.41, 5.74) is 0.993. The molecule has 0 aliphatic heterocycles. The van der Waals surface area contributed by atoms with Crippen LogP contribution in [-0.4, -0.2) is 30.6 Å². The van der Waals surface area contributed by atoms with E-state index in [-0.39, 0.29) is 23.5 Å². The number of hydrogen-bond donors (Lipinski definition) is 1. The van der Waals surface area contributed by atoms with Crippen LogP contribution in [0.2, 0.25) is 0 Å². The molecule has 0 aliphatic rings. The summed E-state index contributed by atoms with van der Waals surface area (Å²) >= 11 is 0.